The van der Waals surface area contributed by atoms with Crippen LogP contribution >= 0.6 is 0 Å². The molecule has 6 nitrogen and oxygen atoms in total. The molecule has 0 heterocycles. The largest absolute Gasteiger partial charge is 0.396 e. The van der Waals surface area contributed by atoms with Crippen molar-refractivity contribution in [2.45, 2.75) is 13.3 Å². The van der Waals surface area contributed by atoms with Gasteiger partial charge >= 0.3 is 5.97 Å². The number of aliphatic hydroxyl groups is 3. The second-order valence-electron chi connectivity index (χ2n) is 3.12. The molecule has 0 aliphatic carbocycles. The number of rotatable bonds is 7. The van der Waals surface area contributed by atoms with E-state index in [1.165, 1.54) is 6.92 Å². The molecule has 0 atom stereocenters. The summed E-state index contributed by atoms with van der Waals surface area (Å²) >= 11 is 0. The summed E-state index contributed by atoms with van der Waals surface area (Å²) in [5.74, 6) is -0.576. The predicted octanol–water partition coefficient (Wildman–Crippen LogP) is -1.17. The average Bonchev–Trinajstić information content (AvgIpc) is 2.19. The van der Waals surface area contributed by atoms with Gasteiger partial charge in [0.2, 0.25) is 0 Å². The lowest BCUT2D eigenvalue weighted by Gasteiger charge is -2.26. The van der Waals surface area contributed by atoms with Gasteiger partial charge < -0.3 is 15.3 Å². The Morgan fingerprint density at radius 1 is 1.21 bits per heavy atom. The van der Waals surface area contributed by atoms with Crippen molar-refractivity contribution < 1.29 is 29.9 Å². The summed E-state index contributed by atoms with van der Waals surface area (Å²) in [6.07, 6.45) is 0.198. The van der Waals surface area contributed by atoms with Crippen LogP contribution in [0.15, 0.2) is 0 Å². The molecule has 0 unspecified atom stereocenters. The van der Waals surface area contributed by atoms with Crippen LogP contribution in [0.25, 0.3) is 0 Å². The number of carbonyl (C=O) groups is 1. The standard InChI is InChI=1S/C8H16O6/c1-7(12)14-13-3-2-8(4-9,5-10)6-11/h9-11H,2-6H2,1H3. The smallest absolute Gasteiger partial charge is 0.339 e. The topological polar surface area (TPSA) is 96.2 Å². The molecule has 14 heavy (non-hydrogen) atoms. The van der Waals surface area contributed by atoms with Crippen LogP contribution in [0.1, 0.15) is 13.3 Å². The number of hydrogen-bond donors (Lipinski definition) is 3. The molecule has 0 bridgehead atoms. The van der Waals surface area contributed by atoms with E-state index in [-0.39, 0.29) is 32.8 Å². The summed E-state index contributed by atoms with van der Waals surface area (Å²) in [7, 11) is 0. The Kier molecular flexibility index (Phi) is 6.39. The van der Waals surface area contributed by atoms with E-state index in [9.17, 15) is 4.79 Å². The second kappa shape index (κ2) is 6.72. The van der Waals surface area contributed by atoms with Gasteiger partial charge in [-0.3, -0.25) is 4.89 Å². The second-order valence-corrected chi connectivity index (χ2v) is 3.12. The monoisotopic (exact) mass is 208 g/mol. The van der Waals surface area contributed by atoms with Crippen LogP contribution in [-0.4, -0.2) is 47.7 Å². The van der Waals surface area contributed by atoms with E-state index in [4.69, 9.17) is 15.3 Å². The Balaban J connectivity index is 3.77. The number of aliphatic hydroxyl groups excluding tert-OH is 3. The molecule has 0 saturated heterocycles. The molecular weight excluding hydrogens is 192 g/mol. The molecule has 3 N–H and O–H groups in total. The Morgan fingerprint density at radius 2 is 1.71 bits per heavy atom. The highest BCUT2D eigenvalue weighted by molar-refractivity contribution is 5.65. The molecule has 0 saturated carbocycles. The molecule has 0 amide bonds. The molecule has 0 fully saturated rings. The van der Waals surface area contributed by atoms with Crippen LogP contribution < -0.4 is 0 Å². The van der Waals surface area contributed by atoms with Gasteiger partial charge in [0, 0.05) is 12.3 Å². The molecule has 0 radical (unpaired) electrons. The molecule has 6 heteroatoms. The minimum Gasteiger partial charge on any atom is -0.396 e. The Morgan fingerprint density at radius 3 is 2.07 bits per heavy atom. The van der Waals surface area contributed by atoms with Gasteiger partial charge in [-0.1, -0.05) is 0 Å². The molecule has 0 aromatic carbocycles. The van der Waals surface area contributed by atoms with Crippen LogP contribution in [0.5, 0.6) is 0 Å². The third kappa shape index (κ3) is 4.52. The Labute approximate surface area is 82.0 Å². The van der Waals surface area contributed by atoms with Gasteiger partial charge in [-0.15, -0.1) is 0 Å². The highest BCUT2D eigenvalue weighted by atomic mass is 17.2. The van der Waals surface area contributed by atoms with Crippen molar-refractivity contribution in [3.63, 3.8) is 0 Å². The fraction of sp³-hybridized carbons (Fsp3) is 0.875. The normalized spacial score (nSPS) is 11.4. The minimum absolute atomic E-state index is 0.0151. The van der Waals surface area contributed by atoms with Gasteiger partial charge in [0.15, 0.2) is 0 Å². The molecule has 0 aliphatic rings. The molecule has 0 aromatic heterocycles. The lowest BCUT2D eigenvalue weighted by Crippen LogP contribution is -2.35. The maximum atomic E-state index is 10.3. The van der Waals surface area contributed by atoms with Crippen molar-refractivity contribution in [3.05, 3.63) is 0 Å². The third-order valence-electron chi connectivity index (χ3n) is 1.90. The average molecular weight is 208 g/mol. The first-order chi connectivity index (χ1) is 6.60. The molecule has 0 aromatic rings. The molecule has 0 rings (SSSR count). The fourth-order valence-corrected chi connectivity index (χ4v) is 0.770. The zero-order valence-electron chi connectivity index (χ0n) is 8.10. The van der Waals surface area contributed by atoms with Crippen molar-refractivity contribution in [3.8, 4) is 0 Å². The maximum Gasteiger partial charge on any atom is 0.339 e. The Hall–Kier alpha value is -0.690. The maximum absolute atomic E-state index is 10.3. The van der Waals surface area contributed by atoms with Crippen molar-refractivity contribution in [2.75, 3.05) is 26.4 Å². The van der Waals surface area contributed by atoms with Crippen LogP contribution in [0.2, 0.25) is 0 Å². The summed E-state index contributed by atoms with van der Waals surface area (Å²) in [5, 5.41) is 26.7. The van der Waals surface area contributed by atoms with Gasteiger partial charge in [-0.2, -0.15) is 4.89 Å². The van der Waals surface area contributed by atoms with Gasteiger partial charge in [0.1, 0.15) is 0 Å². The lowest BCUT2D eigenvalue weighted by molar-refractivity contribution is -0.274. The van der Waals surface area contributed by atoms with Crippen LogP contribution in [-0.2, 0) is 14.6 Å². The van der Waals surface area contributed by atoms with E-state index in [1.807, 2.05) is 0 Å². The van der Waals surface area contributed by atoms with Crippen LogP contribution in [0, 0.1) is 5.41 Å². The van der Waals surface area contributed by atoms with Crippen LogP contribution in [0.4, 0.5) is 0 Å². The van der Waals surface area contributed by atoms with Crippen molar-refractivity contribution >= 4 is 5.97 Å². The minimum atomic E-state index is -0.986. The van der Waals surface area contributed by atoms with Gasteiger partial charge in [0.25, 0.3) is 0 Å². The lowest BCUT2D eigenvalue weighted by atomic mass is 9.88. The SMILES string of the molecule is CC(=O)OOCCC(CO)(CO)CO. The van der Waals surface area contributed by atoms with Crippen molar-refractivity contribution in [1.29, 1.82) is 0 Å². The molecule has 0 spiro atoms. The Bertz CT molecular complexity index is 157. The van der Waals surface area contributed by atoms with Gasteiger partial charge in [0.05, 0.1) is 26.4 Å². The first-order valence-electron chi connectivity index (χ1n) is 4.23. The first-order valence-corrected chi connectivity index (χ1v) is 4.23. The predicted molar refractivity (Wildman–Crippen MR) is 46.0 cm³/mol. The summed E-state index contributed by atoms with van der Waals surface area (Å²) in [6.45, 7) is 0.134. The quantitative estimate of drug-likeness (QED) is 0.277. The van der Waals surface area contributed by atoms with E-state index >= 15 is 0 Å². The molecular formula is C8H16O6. The summed E-state index contributed by atoms with van der Waals surface area (Å²) in [6, 6.07) is 0. The fourth-order valence-electron chi connectivity index (χ4n) is 0.770. The molecule has 84 valence electrons. The zero-order chi connectivity index (χ0) is 11.0. The van der Waals surface area contributed by atoms with E-state index < -0.39 is 11.4 Å². The van der Waals surface area contributed by atoms with Gasteiger partial charge in [-0.05, 0) is 6.42 Å². The molecule has 0 aliphatic heterocycles. The first kappa shape index (κ1) is 13.3. The number of carbonyl (C=O) groups excluding carboxylic acids is 1. The van der Waals surface area contributed by atoms with E-state index in [1.54, 1.807) is 0 Å². The highest BCUT2D eigenvalue weighted by Gasteiger charge is 2.27. The van der Waals surface area contributed by atoms with E-state index in [0.717, 1.165) is 0 Å². The van der Waals surface area contributed by atoms with Gasteiger partial charge in [-0.25, -0.2) is 4.79 Å². The van der Waals surface area contributed by atoms with Crippen LogP contribution in [0.3, 0.4) is 0 Å². The van der Waals surface area contributed by atoms with E-state index in [2.05, 4.69) is 9.78 Å². The van der Waals surface area contributed by atoms with Crippen molar-refractivity contribution in [1.82, 2.24) is 0 Å². The van der Waals surface area contributed by atoms with E-state index in [0.29, 0.717) is 0 Å². The van der Waals surface area contributed by atoms with Crippen molar-refractivity contribution in [2.24, 2.45) is 5.41 Å². The summed E-state index contributed by atoms with van der Waals surface area (Å²) < 4.78 is 0. The summed E-state index contributed by atoms with van der Waals surface area (Å²) in [4.78, 5) is 18.9. The zero-order valence-corrected chi connectivity index (χ0v) is 8.10. The summed E-state index contributed by atoms with van der Waals surface area (Å²) in [5.41, 5.74) is -0.986. The highest BCUT2D eigenvalue weighted by Crippen LogP contribution is 2.19. The number of hydrogen-bond acceptors (Lipinski definition) is 6. The third-order valence-corrected chi connectivity index (χ3v) is 1.90.